The fourth-order valence-corrected chi connectivity index (χ4v) is 4.08. The Kier molecular flexibility index (Phi) is 6.03. The van der Waals surface area contributed by atoms with E-state index in [0.717, 1.165) is 22.3 Å². The Balaban J connectivity index is 1.67. The van der Waals surface area contributed by atoms with Crippen LogP contribution in [0, 0.1) is 20.8 Å². The second-order valence-corrected chi connectivity index (χ2v) is 8.84. The van der Waals surface area contributed by atoms with Crippen molar-refractivity contribution in [3.05, 3.63) is 89.0 Å². The van der Waals surface area contributed by atoms with Crippen molar-refractivity contribution in [3.63, 3.8) is 0 Å². The van der Waals surface area contributed by atoms with E-state index in [1.807, 2.05) is 57.2 Å². The van der Waals surface area contributed by atoms with Gasteiger partial charge in [0.15, 0.2) is 0 Å². The molecule has 0 aliphatic carbocycles. The Bertz CT molecular complexity index is 1120. The summed E-state index contributed by atoms with van der Waals surface area (Å²) in [5.41, 5.74) is 5.08. The Hall–Kier alpha value is -3.12. The summed E-state index contributed by atoms with van der Waals surface area (Å²) in [5, 5.41) is 2.79. The van der Waals surface area contributed by atoms with E-state index in [1.54, 1.807) is 18.2 Å². The van der Waals surface area contributed by atoms with Gasteiger partial charge in [0, 0.05) is 5.69 Å². The summed E-state index contributed by atoms with van der Waals surface area (Å²) in [6, 6.07) is 19.4. The fourth-order valence-electron chi connectivity index (χ4n) is 2.95. The zero-order valence-electron chi connectivity index (χ0n) is 16.7. The fraction of sp³-hybridized carbons (Fsp3) is 0.174. The summed E-state index contributed by atoms with van der Waals surface area (Å²) >= 11 is 0. The molecule has 0 saturated carbocycles. The maximum atomic E-state index is 12.6. The van der Waals surface area contributed by atoms with Gasteiger partial charge in [0.05, 0.1) is 17.0 Å². The lowest BCUT2D eigenvalue weighted by atomic mass is 10.1. The highest BCUT2D eigenvalue weighted by molar-refractivity contribution is 7.92. The molecule has 0 aliphatic rings. The van der Waals surface area contributed by atoms with E-state index < -0.39 is 10.0 Å². The first kappa shape index (κ1) is 20.6. The van der Waals surface area contributed by atoms with Gasteiger partial charge in [-0.1, -0.05) is 47.5 Å². The van der Waals surface area contributed by atoms with Gasteiger partial charge < -0.3 is 5.32 Å². The van der Waals surface area contributed by atoms with Crippen LogP contribution in [0.4, 0.5) is 11.4 Å². The van der Waals surface area contributed by atoms with Crippen molar-refractivity contribution < 1.29 is 13.2 Å². The highest BCUT2D eigenvalue weighted by Gasteiger charge is 2.15. The van der Waals surface area contributed by atoms with Crippen LogP contribution in [0.5, 0.6) is 0 Å². The molecule has 0 heterocycles. The van der Waals surface area contributed by atoms with Gasteiger partial charge in [-0.25, -0.2) is 8.42 Å². The zero-order valence-corrected chi connectivity index (χ0v) is 17.5. The normalized spacial score (nSPS) is 11.1. The highest BCUT2D eigenvalue weighted by atomic mass is 32.2. The molecule has 0 aliphatic heterocycles. The molecule has 3 aromatic rings. The molecule has 3 rings (SSSR count). The van der Waals surface area contributed by atoms with Gasteiger partial charge in [-0.15, -0.1) is 0 Å². The third-order valence-electron chi connectivity index (χ3n) is 4.56. The summed E-state index contributed by atoms with van der Waals surface area (Å²) < 4.78 is 27.9. The Labute approximate surface area is 171 Å². The SMILES string of the molecule is Cc1ccc(CC(=O)Nc2ccc(S(=O)(=O)Nc3ccc(C)cc3C)cc2)cc1. The molecule has 1 amide bonds. The maximum Gasteiger partial charge on any atom is 0.261 e. The minimum absolute atomic E-state index is 0.133. The Morgan fingerprint density at radius 3 is 2.07 bits per heavy atom. The van der Waals surface area contributed by atoms with E-state index in [2.05, 4.69) is 10.0 Å². The predicted octanol–water partition coefficient (Wildman–Crippen LogP) is 4.59. The molecule has 5 nitrogen and oxygen atoms in total. The quantitative estimate of drug-likeness (QED) is 0.626. The summed E-state index contributed by atoms with van der Waals surface area (Å²) in [7, 11) is -3.71. The second-order valence-electron chi connectivity index (χ2n) is 7.16. The van der Waals surface area contributed by atoms with Crippen LogP contribution in [-0.2, 0) is 21.2 Å². The summed E-state index contributed by atoms with van der Waals surface area (Å²) in [6.07, 6.45) is 0.259. The van der Waals surface area contributed by atoms with Crippen LogP contribution in [0.15, 0.2) is 71.6 Å². The van der Waals surface area contributed by atoms with Crippen LogP contribution < -0.4 is 10.0 Å². The lowest BCUT2D eigenvalue weighted by Gasteiger charge is -2.12. The topological polar surface area (TPSA) is 75.3 Å². The molecule has 29 heavy (non-hydrogen) atoms. The van der Waals surface area contributed by atoms with Crippen molar-refractivity contribution in [1.82, 2.24) is 0 Å². The van der Waals surface area contributed by atoms with Crippen LogP contribution in [-0.4, -0.2) is 14.3 Å². The molecule has 6 heteroatoms. The van der Waals surface area contributed by atoms with Crippen molar-refractivity contribution in [3.8, 4) is 0 Å². The van der Waals surface area contributed by atoms with Crippen molar-refractivity contribution in [2.24, 2.45) is 0 Å². The molecule has 0 spiro atoms. The second kappa shape index (κ2) is 8.49. The molecule has 0 unspecified atom stereocenters. The third-order valence-corrected chi connectivity index (χ3v) is 5.94. The first-order valence-corrected chi connectivity index (χ1v) is 10.8. The number of benzene rings is 3. The van der Waals surface area contributed by atoms with Gasteiger partial charge in [0.2, 0.25) is 5.91 Å². The molecule has 2 N–H and O–H groups in total. The van der Waals surface area contributed by atoms with E-state index in [-0.39, 0.29) is 17.2 Å². The number of carbonyl (C=O) groups excluding carboxylic acids is 1. The molecule has 150 valence electrons. The smallest absolute Gasteiger partial charge is 0.261 e. The predicted molar refractivity (Wildman–Crippen MR) is 117 cm³/mol. The Morgan fingerprint density at radius 1 is 0.828 bits per heavy atom. The van der Waals surface area contributed by atoms with Gasteiger partial charge in [-0.05, 0) is 62.2 Å². The number of nitrogens with one attached hydrogen (secondary N) is 2. The number of anilines is 2. The Morgan fingerprint density at radius 2 is 1.45 bits per heavy atom. The number of aryl methyl sites for hydroxylation is 3. The third kappa shape index (κ3) is 5.45. The summed E-state index contributed by atoms with van der Waals surface area (Å²) in [6.45, 7) is 5.81. The molecule has 0 aromatic heterocycles. The average molecular weight is 409 g/mol. The number of hydrogen-bond donors (Lipinski definition) is 2. The molecule has 0 atom stereocenters. The molecule has 0 bridgehead atoms. The summed E-state index contributed by atoms with van der Waals surface area (Å²) in [5.74, 6) is -0.155. The average Bonchev–Trinajstić information content (AvgIpc) is 2.66. The van der Waals surface area contributed by atoms with Gasteiger partial charge in [0.25, 0.3) is 10.0 Å². The lowest BCUT2D eigenvalue weighted by Crippen LogP contribution is -2.15. The summed E-state index contributed by atoms with van der Waals surface area (Å²) in [4.78, 5) is 12.3. The minimum atomic E-state index is -3.71. The van der Waals surface area contributed by atoms with Gasteiger partial charge in [0.1, 0.15) is 0 Å². The van der Waals surface area contributed by atoms with E-state index in [4.69, 9.17) is 0 Å². The number of carbonyl (C=O) groups is 1. The largest absolute Gasteiger partial charge is 0.326 e. The van der Waals surface area contributed by atoms with Crippen molar-refractivity contribution in [1.29, 1.82) is 0 Å². The zero-order chi connectivity index (χ0) is 21.0. The first-order valence-electron chi connectivity index (χ1n) is 9.28. The molecular weight excluding hydrogens is 384 g/mol. The van der Waals surface area contributed by atoms with Gasteiger partial charge in [-0.2, -0.15) is 0 Å². The van der Waals surface area contributed by atoms with Crippen LogP contribution in [0.2, 0.25) is 0 Å². The maximum absolute atomic E-state index is 12.6. The van der Waals surface area contributed by atoms with E-state index in [9.17, 15) is 13.2 Å². The van der Waals surface area contributed by atoms with E-state index in [0.29, 0.717) is 11.4 Å². The van der Waals surface area contributed by atoms with Crippen molar-refractivity contribution >= 4 is 27.3 Å². The van der Waals surface area contributed by atoms with Gasteiger partial charge >= 0.3 is 0 Å². The standard InChI is InChI=1S/C23H24N2O3S/c1-16-4-7-19(8-5-16)15-23(26)24-20-9-11-21(12-10-20)29(27,28)25-22-13-6-17(2)14-18(22)3/h4-14,25H,15H2,1-3H3,(H,24,26). The van der Waals surface area contributed by atoms with Gasteiger partial charge in [-0.3, -0.25) is 9.52 Å². The number of hydrogen-bond acceptors (Lipinski definition) is 3. The molecular formula is C23H24N2O3S. The van der Waals surface area contributed by atoms with E-state index >= 15 is 0 Å². The minimum Gasteiger partial charge on any atom is -0.326 e. The molecule has 0 radical (unpaired) electrons. The van der Waals surface area contributed by atoms with Crippen molar-refractivity contribution in [2.45, 2.75) is 32.1 Å². The van der Waals surface area contributed by atoms with Crippen LogP contribution in [0.3, 0.4) is 0 Å². The van der Waals surface area contributed by atoms with Crippen LogP contribution in [0.1, 0.15) is 22.3 Å². The molecule has 0 fully saturated rings. The monoisotopic (exact) mass is 408 g/mol. The highest BCUT2D eigenvalue weighted by Crippen LogP contribution is 2.22. The number of sulfonamides is 1. The van der Waals surface area contributed by atoms with Crippen molar-refractivity contribution in [2.75, 3.05) is 10.0 Å². The first-order chi connectivity index (χ1) is 13.7. The van der Waals surface area contributed by atoms with Crippen LogP contribution >= 0.6 is 0 Å². The number of rotatable bonds is 6. The number of amides is 1. The lowest BCUT2D eigenvalue weighted by molar-refractivity contribution is -0.115. The van der Waals surface area contributed by atoms with E-state index in [1.165, 1.54) is 12.1 Å². The molecule has 3 aromatic carbocycles. The van der Waals surface area contributed by atoms with Crippen LogP contribution in [0.25, 0.3) is 0 Å². The molecule has 0 saturated heterocycles.